The van der Waals surface area contributed by atoms with Crippen molar-refractivity contribution in [3.8, 4) is 0 Å². The highest BCUT2D eigenvalue weighted by Gasteiger charge is 2.18. The van der Waals surface area contributed by atoms with Crippen LogP contribution < -0.4 is 10.6 Å². The number of carbonyl (C=O) groups is 3. The molecule has 0 spiro atoms. The predicted molar refractivity (Wildman–Crippen MR) is 141 cm³/mol. The molecule has 4 rings (SSSR count). The lowest BCUT2D eigenvalue weighted by molar-refractivity contribution is -0.115. The van der Waals surface area contributed by atoms with Crippen LogP contribution in [0, 0.1) is 0 Å². The Hall–Kier alpha value is -3.81. The van der Waals surface area contributed by atoms with Gasteiger partial charge < -0.3 is 15.7 Å². The molecule has 0 heterocycles. The SMILES string of the molecule is CC(Sc1ccc(NC(=O)c2cccc3cccc(C(=O)O)c23)cc1)C(=O)Nc1ccccc1Cl. The molecule has 0 saturated carbocycles. The van der Waals surface area contributed by atoms with Gasteiger partial charge in [-0.05, 0) is 60.8 Å². The third-order valence-electron chi connectivity index (χ3n) is 5.31. The Balaban J connectivity index is 1.44. The summed E-state index contributed by atoms with van der Waals surface area (Å²) in [5.41, 5.74) is 1.47. The number of carboxylic acid groups (broad SMARTS) is 1. The number of carboxylic acids is 1. The number of aromatic carboxylic acids is 1. The number of amides is 2. The first-order valence-corrected chi connectivity index (χ1v) is 12.0. The van der Waals surface area contributed by atoms with Crippen LogP contribution in [-0.4, -0.2) is 28.1 Å². The second-order valence-electron chi connectivity index (χ2n) is 7.72. The third kappa shape index (κ3) is 5.65. The highest BCUT2D eigenvalue weighted by atomic mass is 35.5. The van der Waals surface area contributed by atoms with Gasteiger partial charge in [0.2, 0.25) is 5.91 Å². The molecule has 35 heavy (non-hydrogen) atoms. The molecule has 3 N–H and O–H groups in total. The van der Waals surface area contributed by atoms with Crippen LogP contribution in [0.15, 0.2) is 89.8 Å². The molecular formula is C27H21ClN2O4S. The van der Waals surface area contributed by atoms with E-state index >= 15 is 0 Å². The van der Waals surface area contributed by atoms with Gasteiger partial charge in [-0.1, -0.05) is 48.0 Å². The number of anilines is 2. The first-order valence-electron chi connectivity index (χ1n) is 10.7. The molecule has 2 amide bonds. The fraction of sp³-hybridized carbons (Fsp3) is 0.0741. The summed E-state index contributed by atoms with van der Waals surface area (Å²) in [5, 5.41) is 16.4. The van der Waals surface area contributed by atoms with Gasteiger partial charge in [0.25, 0.3) is 5.91 Å². The molecule has 6 nitrogen and oxygen atoms in total. The van der Waals surface area contributed by atoms with Crippen molar-refractivity contribution in [1.82, 2.24) is 0 Å². The van der Waals surface area contributed by atoms with E-state index in [1.54, 1.807) is 73.7 Å². The first kappa shape index (κ1) is 24.3. The molecule has 0 saturated heterocycles. The van der Waals surface area contributed by atoms with E-state index in [0.717, 1.165) is 4.90 Å². The molecule has 1 atom stereocenters. The van der Waals surface area contributed by atoms with E-state index in [1.165, 1.54) is 17.8 Å². The van der Waals surface area contributed by atoms with Gasteiger partial charge >= 0.3 is 5.97 Å². The number of halogens is 1. The smallest absolute Gasteiger partial charge is 0.336 e. The quantitative estimate of drug-likeness (QED) is 0.248. The zero-order valence-corrected chi connectivity index (χ0v) is 20.2. The van der Waals surface area contributed by atoms with E-state index in [9.17, 15) is 19.5 Å². The van der Waals surface area contributed by atoms with Gasteiger partial charge in [-0.2, -0.15) is 0 Å². The van der Waals surface area contributed by atoms with Crippen LogP contribution in [0.4, 0.5) is 11.4 Å². The van der Waals surface area contributed by atoms with Crippen molar-refractivity contribution in [3.05, 3.63) is 101 Å². The van der Waals surface area contributed by atoms with E-state index in [0.29, 0.717) is 27.2 Å². The van der Waals surface area contributed by atoms with Gasteiger partial charge in [0, 0.05) is 21.5 Å². The summed E-state index contributed by atoms with van der Waals surface area (Å²) < 4.78 is 0. The van der Waals surface area contributed by atoms with Crippen molar-refractivity contribution in [1.29, 1.82) is 0 Å². The highest BCUT2D eigenvalue weighted by Crippen LogP contribution is 2.28. The van der Waals surface area contributed by atoms with E-state index in [2.05, 4.69) is 10.6 Å². The maximum Gasteiger partial charge on any atom is 0.336 e. The lowest BCUT2D eigenvalue weighted by Crippen LogP contribution is -2.22. The number of thioether (sulfide) groups is 1. The number of benzene rings is 4. The second-order valence-corrected chi connectivity index (χ2v) is 9.54. The van der Waals surface area contributed by atoms with E-state index in [-0.39, 0.29) is 22.3 Å². The molecule has 0 aromatic heterocycles. The molecule has 0 fully saturated rings. The Morgan fingerprint density at radius 1 is 0.829 bits per heavy atom. The summed E-state index contributed by atoms with van der Waals surface area (Å²) in [6.45, 7) is 1.80. The first-order chi connectivity index (χ1) is 16.8. The van der Waals surface area contributed by atoms with Crippen molar-refractivity contribution >= 4 is 63.3 Å². The van der Waals surface area contributed by atoms with Gasteiger partial charge in [-0.15, -0.1) is 11.8 Å². The predicted octanol–water partition coefficient (Wildman–Crippen LogP) is 6.56. The van der Waals surface area contributed by atoms with Crippen LogP contribution in [0.5, 0.6) is 0 Å². The topological polar surface area (TPSA) is 95.5 Å². The number of nitrogens with one attached hydrogen (secondary N) is 2. The van der Waals surface area contributed by atoms with Crippen molar-refractivity contribution < 1.29 is 19.5 Å². The largest absolute Gasteiger partial charge is 0.478 e. The van der Waals surface area contributed by atoms with E-state index < -0.39 is 11.9 Å². The van der Waals surface area contributed by atoms with Crippen molar-refractivity contribution in [2.24, 2.45) is 0 Å². The summed E-state index contributed by atoms with van der Waals surface area (Å²) in [7, 11) is 0. The van der Waals surface area contributed by atoms with Crippen molar-refractivity contribution in [3.63, 3.8) is 0 Å². The molecule has 4 aromatic rings. The van der Waals surface area contributed by atoms with Crippen LogP contribution in [-0.2, 0) is 4.79 Å². The second kappa shape index (κ2) is 10.6. The van der Waals surface area contributed by atoms with Crippen molar-refractivity contribution in [2.75, 3.05) is 10.6 Å². The number of hydrogen-bond acceptors (Lipinski definition) is 4. The Morgan fingerprint density at radius 2 is 1.49 bits per heavy atom. The Labute approximate surface area is 211 Å². The maximum atomic E-state index is 13.0. The summed E-state index contributed by atoms with van der Waals surface area (Å²) >= 11 is 7.48. The van der Waals surface area contributed by atoms with Crippen LogP contribution >= 0.6 is 23.4 Å². The molecule has 8 heteroatoms. The molecule has 0 aliphatic heterocycles. The standard InChI is InChI=1S/C27H21ClN2O4S/c1-16(25(31)30-23-11-3-2-10-22(23)28)35-19-14-12-18(13-15-19)29-26(32)20-8-4-6-17-7-5-9-21(24(17)20)27(33)34/h2-16H,1H3,(H,29,32)(H,30,31)(H,33,34). The molecule has 0 radical (unpaired) electrons. The fourth-order valence-corrected chi connectivity index (χ4v) is 4.63. The number of hydrogen-bond donors (Lipinski definition) is 3. The molecule has 4 aromatic carbocycles. The molecule has 1 unspecified atom stereocenters. The Kier molecular flexibility index (Phi) is 7.39. The lowest BCUT2D eigenvalue weighted by atomic mass is 9.98. The average Bonchev–Trinajstić information content (AvgIpc) is 2.85. The number of para-hydroxylation sites is 1. The minimum atomic E-state index is -1.09. The summed E-state index contributed by atoms with van der Waals surface area (Å²) in [6, 6.07) is 24.1. The normalized spacial score (nSPS) is 11.6. The number of fused-ring (bicyclic) bond motifs is 1. The van der Waals surface area contributed by atoms with Crippen LogP contribution in [0.3, 0.4) is 0 Å². The monoisotopic (exact) mass is 504 g/mol. The van der Waals surface area contributed by atoms with Crippen LogP contribution in [0.2, 0.25) is 5.02 Å². The minimum Gasteiger partial charge on any atom is -0.478 e. The third-order valence-corrected chi connectivity index (χ3v) is 6.75. The number of carbonyl (C=O) groups excluding carboxylic acids is 2. The zero-order chi connectivity index (χ0) is 24.9. The van der Waals surface area contributed by atoms with Gasteiger partial charge in [-0.3, -0.25) is 9.59 Å². The van der Waals surface area contributed by atoms with Gasteiger partial charge in [0.1, 0.15) is 0 Å². The minimum absolute atomic E-state index is 0.0732. The van der Waals surface area contributed by atoms with Crippen LogP contribution in [0.25, 0.3) is 10.8 Å². The lowest BCUT2D eigenvalue weighted by Gasteiger charge is -2.13. The van der Waals surface area contributed by atoms with Gasteiger partial charge in [0.05, 0.1) is 21.5 Å². The summed E-state index contributed by atoms with van der Waals surface area (Å²) in [6.07, 6.45) is 0. The summed E-state index contributed by atoms with van der Waals surface area (Å²) in [4.78, 5) is 38.0. The molecule has 0 aliphatic carbocycles. The van der Waals surface area contributed by atoms with Crippen LogP contribution in [0.1, 0.15) is 27.6 Å². The Bertz CT molecular complexity index is 1420. The van der Waals surface area contributed by atoms with Crippen molar-refractivity contribution in [2.45, 2.75) is 17.1 Å². The zero-order valence-electron chi connectivity index (χ0n) is 18.6. The molecular weight excluding hydrogens is 484 g/mol. The number of rotatable bonds is 7. The van der Waals surface area contributed by atoms with Gasteiger partial charge in [-0.25, -0.2) is 4.79 Å². The van der Waals surface area contributed by atoms with Gasteiger partial charge in [0.15, 0.2) is 0 Å². The fourth-order valence-electron chi connectivity index (χ4n) is 3.58. The molecule has 0 bridgehead atoms. The van der Waals surface area contributed by atoms with E-state index in [1.807, 2.05) is 12.1 Å². The maximum absolute atomic E-state index is 13.0. The molecule has 0 aliphatic rings. The average molecular weight is 505 g/mol. The van der Waals surface area contributed by atoms with E-state index in [4.69, 9.17) is 11.6 Å². The Morgan fingerprint density at radius 3 is 2.14 bits per heavy atom. The summed E-state index contributed by atoms with van der Waals surface area (Å²) in [5.74, 6) is -1.67. The molecule has 176 valence electrons. The highest BCUT2D eigenvalue weighted by molar-refractivity contribution is 8.00.